The number of ether oxygens (including phenoxy) is 1. The van der Waals surface area contributed by atoms with Crippen LogP contribution in [0.15, 0.2) is 30.7 Å². The molecule has 8 nitrogen and oxygen atoms in total. The summed E-state index contributed by atoms with van der Waals surface area (Å²) in [6.45, 7) is 12.3. The summed E-state index contributed by atoms with van der Waals surface area (Å²) in [4.78, 5) is 19.7. The molecule has 3 N–H and O–H groups in total. The van der Waals surface area contributed by atoms with E-state index in [1.54, 1.807) is 0 Å². The molecule has 3 aromatic heterocycles. The molecule has 6 rings (SSSR count). The summed E-state index contributed by atoms with van der Waals surface area (Å²) in [5.41, 5.74) is 11.3. The first kappa shape index (κ1) is 27.7. The number of imidazole rings is 1. The third kappa shape index (κ3) is 5.45. The number of anilines is 1. The molecule has 0 bridgehead atoms. The fourth-order valence-electron chi connectivity index (χ4n) is 6.67. The highest BCUT2D eigenvalue weighted by Gasteiger charge is 2.37. The van der Waals surface area contributed by atoms with Crippen molar-refractivity contribution in [2.45, 2.75) is 103 Å². The molecule has 4 heterocycles. The highest BCUT2D eigenvalue weighted by Crippen LogP contribution is 2.39. The van der Waals surface area contributed by atoms with Crippen LogP contribution in [-0.2, 0) is 16.6 Å². The second kappa shape index (κ2) is 10.8. The molecule has 41 heavy (non-hydrogen) atoms. The van der Waals surface area contributed by atoms with E-state index in [-0.39, 0.29) is 17.7 Å². The molecule has 2 aliphatic rings. The quantitative estimate of drug-likeness (QED) is 0.261. The van der Waals surface area contributed by atoms with Gasteiger partial charge in [0.1, 0.15) is 29.8 Å². The molecule has 0 spiro atoms. The van der Waals surface area contributed by atoms with Gasteiger partial charge in [0, 0.05) is 31.2 Å². The Bertz CT molecular complexity index is 1580. The van der Waals surface area contributed by atoms with Crippen LogP contribution < -0.4 is 5.73 Å². The van der Waals surface area contributed by atoms with E-state index in [4.69, 9.17) is 21.9 Å². The minimum atomic E-state index is -0.0923. The Morgan fingerprint density at radius 1 is 1.22 bits per heavy atom. The largest absolute Gasteiger partial charge is 0.383 e. The van der Waals surface area contributed by atoms with Crippen LogP contribution in [-0.4, -0.2) is 54.1 Å². The molecule has 1 saturated carbocycles. The molecule has 1 aliphatic carbocycles. The summed E-state index contributed by atoms with van der Waals surface area (Å²) in [6.07, 6.45) is 15.9. The van der Waals surface area contributed by atoms with Gasteiger partial charge in [0.15, 0.2) is 0 Å². The fraction of sp³-hybridized carbons (Fsp3) is 0.545. The van der Waals surface area contributed by atoms with Crippen LogP contribution in [0.4, 0.5) is 5.82 Å². The molecule has 2 fully saturated rings. The van der Waals surface area contributed by atoms with Crippen LogP contribution in [0.25, 0.3) is 22.1 Å². The van der Waals surface area contributed by atoms with Crippen LogP contribution in [0.5, 0.6) is 0 Å². The lowest BCUT2D eigenvalue weighted by molar-refractivity contribution is -0.0391. The number of nitrogens with one attached hydrogen (secondary N) is 1. The molecule has 216 valence electrons. The number of hydrogen-bond donors (Lipinski definition) is 2. The minimum Gasteiger partial charge on any atom is -0.383 e. The van der Waals surface area contributed by atoms with E-state index in [1.807, 2.05) is 10.8 Å². The van der Waals surface area contributed by atoms with Gasteiger partial charge < -0.3 is 20.0 Å². The SMILES string of the molecule is C#Cc1cn(C2CCC(CN(C(C)C)C3CC(CCc4nc5ccc(C(C)(C)C)cc5[nH]4)C3)O2)c2ncnc(N)c12. The Morgan fingerprint density at radius 2 is 2.02 bits per heavy atom. The van der Waals surface area contributed by atoms with Crippen LogP contribution in [0, 0.1) is 18.3 Å². The lowest BCUT2D eigenvalue weighted by atomic mass is 9.76. The Kier molecular flexibility index (Phi) is 7.29. The van der Waals surface area contributed by atoms with Crippen molar-refractivity contribution in [3.05, 3.63) is 47.7 Å². The van der Waals surface area contributed by atoms with Crippen molar-refractivity contribution < 1.29 is 4.74 Å². The highest BCUT2D eigenvalue weighted by molar-refractivity contribution is 5.92. The minimum absolute atomic E-state index is 0.0923. The summed E-state index contributed by atoms with van der Waals surface area (Å²) >= 11 is 0. The van der Waals surface area contributed by atoms with Crippen molar-refractivity contribution in [1.82, 2.24) is 29.4 Å². The van der Waals surface area contributed by atoms with Gasteiger partial charge >= 0.3 is 0 Å². The Hall–Kier alpha value is -3.41. The molecular weight excluding hydrogens is 510 g/mol. The Labute approximate surface area is 243 Å². The second-order valence-corrected chi connectivity index (χ2v) is 13.3. The molecule has 1 aliphatic heterocycles. The number of nitrogens with zero attached hydrogens (tertiary/aromatic N) is 5. The number of nitrogen functional groups attached to an aromatic ring is 1. The maximum absolute atomic E-state index is 6.58. The third-order valence-electron chi connectivity index (χ3n) is 9.13. The van der Waals surface area contributed by atoms with Crippen LogP contribution in [0.3, 0.4) is 0 Å². The van der Waals surface area contributed by atoms with Gasteiger partial charge in [0.25, 0.3) is 0 Å². The van der Waals surface area contributed by atoms with E-state index < -0.39 is 0 Å². The summed E-state index contributed by atoms with van der Waals surface area (Å²) in [5, 5.41) is 0.740. The van der Waals surface area contributed by atoms with Crippen LogP contribution in [0.1, 0.15) is 89.9 Å². The van der Waals surface area contributed by atoms with Gasteiger partial charge in [-0.15, -0.1) is 6.42 Å². The summed E-state index contributed by atoms with van der Waals surface area (Å²) in [6, 6.07) is 7.71. The first-order chi connectivity index (χ1) is 19.6. The summed E-state index contributed by atoms with van der Waals surface area (Å²) < 4.78 is 8.63. The molecule has 4 aromatic rings. The molecule has 0 amide bonds. The molecule has 1 saturated heterocycles. The molecule has 2 unspecified atom stereocenters. The normalized spacial score (nSPS) is 23.1. The molecule has 1 aromatic carbocycles. The number of nitrogens with two attached hydrogens (primary N) is 1. The number of aromatic nitrogens is 5. The van der Waals surface area contributed by atoms with Crippen molar-refractivity contribution in [1.29, 1.82) is 0 Å². The van der Waals surface area contributed by atoms with Crippen molar-refractivity contribution in [3.8, 4) is 12.3 Å². The van der Waals surface area contributed by atoms with E-state index >= 15 is 0 Å². The van der Waals surface area contributed by atoms with Gasteiger partial charge in [-0.2, -0.15) is 0 Å². The molecular formula is C33H43N7O. The zero-order valence-corrected chi connectivity index (χ0v) is 25.0. The van der Waals surface area contributed by atoms with Gasteiger partial charge in [-0.3, -0.25) is 4.90 Å². The number of terminal acetylenes is 1. The lowest BCUT2D eigenvalue weighted by Crippen LogP contribution is -2.50. The van der Waals surface area contributed by atoms with Crippen LogP contribution >= 0.6 is 0 Å². The van der Waals surface area contributed by atoms with Gasteiger partial charge in [-0.05, 0) is 75.0 Å². The molecule has 2 atom stereocenters. The average molecular weight is 554 g/mol. The van der Waals surface area contributed by atoms with E-state index in [1.165, 1.54) is 31.2 Å². The monoisotopic (exact) mass is 553 g/mol. The molecule has 0 radical (unpaired) electrons. The smallest absolute Gasteiger partial charge is 0.148 e. The van der Waals surface area contributed by atoms with Gasteiger partial charge in [0.05, 0.1) is 28.1 Å². The van der Waals surface area contributed by atoms with E-state index in [9.17, 15) is 0 Å². The number of aryl methyl sites for hydroxylation is 1. The van der Waals surface area contributed by atoms with Crippen molar-refractivity contribution in [3.63, 3.8) is 0 Å². The highest BCUT2D eigenvalue weighted by atomic mass is 16.5. The van der Waals surface area contributed by atoms with Crippen LogP contribution in [0.2, 0.25) is 0 Å². The van der Waals surface area contributed by atoms with Gasteiger partial charge in [0.2, 0.25) is 0 Å². The molecule has 8 heteroatoms. The fourth-order valence-corrected chi connectivity index (χ4v) is 6.67. The Morgan fingerprint density at radius 3 is 2.76 bits per heavy atom. The first-order valence-electron chi connectivity index (χ1n) is 15.1. The topological polar surface area (TPSA) is 97.9 Å². The van der Waals surface area contributed by atoms with E-state index in [0.29, 0.717) is 23.5 Å². The standard InChI is InChI=1S/C33H43N7O/c1-7-22-17-40(32-30(22)31(34)35-19-36-32)29-13-10-25(41-29)18-39(20(2)3)24-14-21(15-24)8-12-28-37-26-11-9-23(33(4,5)6)16-27(26)38-28/h1,9,11,16-17,19-21,24-25,29H,8,10,12-15,18H2,2-6H3,(H,37,38)(H2,34,35,36). The predicted octanol–water partition coefficient (Wildman–Crippen LogP) is 5.97. The zero-order valence-electron chi connectivity index (χ0n) is 25.0. The van der Waals surface area contributed by atoms with Gasteiger partial charge in [-0.25, -0.2) is 15.0 Å². The van der Waals surface area contributed by atoms with E-state index in [2.05, 4.69) is 78.6 Å². The van der Waals surface area contributed by atoms with Crippen molar-refractivity contribution in [2.24, 2.45) is 5.92 Å². The first-order valence-corrected chi connectivity index (χ1v) is 15.1. The number of benzene rings is 1. The number of fused-ring (bicyclic) bond motifs is 2. The summed E-state index contributed by atoms with van der Waals surface area (Å²) in [5.74, 6) is 5.00. The maximum atomic E-state index is 6.58. The lowest BCUT2D eigenvalue weighted by Gasteiger charge is -2.46. The Balaban J connectivity index is 1.03. The van der Waals surface area contributed by atoms with Crippen molar-refractivity contribution in [2.75, 3.05) is 12.3 Å². The second-order valence-electron chi connectivity index (χ2n) is 13.3. The number of aromatic amines is 1. The number of H-pyrrole nitrogens is 1. The van der Waals surface area contributed by atoms with E-state index in [0.717, 1.165) is 59.6 Å². The average Bonchev–Trinajstić information content (AvgIpc) is 3.62. The van der Waals surface area contributed by atoms with Crippen molar-refractivity contribution >= 4 is 27.9 Å². The number of hydrogen-bond acceptors (Lipinski definition) is 6. The maximum Gasteiger partial charge on any atom is 0.148 e. The number of rotatable bonds is 8. The zero-order chi connectivity index (χ0) is 28.9. The van der Waals surface area contributed by atoms with Gasteiger partial charge in [-0.1, -0.05) is 32.8 Å². The summed E-state index contributed by atoms with van der Waals surface area (Å²) in [7, 11) is 0. The third-order valence-corrected chi connectivity index (χ3v) is 9.13. The predicted molar refractivity (Wildman–Crippen MR) is 164 cm³/mol.